The van der Waals surface area contributed by atoms with E-state index >= 15 is 0 Å². The molecule has 0 saturated heterocycles. The molecule has 2 heterocycles. The summed E-state index contributed by atoms with van der Waals surface area (Å²) in [4.78, 5) is 32.9. The lowest BCUT2D eigenvalue weighted by molar-refractivity contribution is -0.118. The zero-order valence-corrected chi connectivity index (χ0v) is 17.8. The molecule has 156 valence electrons. The molecule has 0 saturated carbocycles. The van der Waals surface area contributed by atoms with E-state index in [0.717, 1.165) is 16.5 Å². The first kappa shape index (κ1) is 20.7. The van der Waals surface area contributed by atoms with E-state index in [-0.39, 0.29) is 12.0 Å². The van der Waals surface area contributed by atoms with Crippen LogP contribution in [0.25, 0.3) is 10.9 Å². The van der Waals surface area contributed by atoms with Crippen molar-refractivity contribution in [2.45, 2.75) is 12.5 Å². The Kier molecular flexibility index (Phi) is 6.08. The van der Waals surface area contributed by atoms with Crippen molar-refractivity contribution in [1.29, 1.82) is 0 Å². The van der Waals surface area contributed by atoms with Gasteiger partial charge in [-0.3, -0.25) is 14.6 Å². The summed E-state index contributed by atoms with van der Waals surface area (Å²) in [5.41, 5.74) is 2.20. The number of carbonyl (C=O) groups excluding carboxylic acids is 2. The van der Waals surface area contributed by atoms with E-state index in [1.807, 2.05) is 30.5 Å². The van der Waals surface area contributed by atoms with E-state index in [0.29, 0.717) is 10.2 Å². The highest BCUT2D eigenvalue weighted by molar-refractivity contribution is 9.10. The normalized spacial score (nSPS) is 11.8. The van der Waals surface area contributed by atoms with Crippen LogP contribution in [-0.2, 0) is 11.2 Å². The number of benzene rings is 2. The molecule has 3 N–H and O–H groups in total. The number of para-hydroxylation sites is 1. The molecule has 0 aliphatic carbocycles. The lowest BCUT2D eigenvalue weighted by Crippen LogP contribution is -2.45. The van der Waals surface area contributed by atoms with Crippen LogP contribution in [0.3, 0.4) is 0 Å². The first-order valence-electron chi connectivity index (χ1n) is 9.53. The van der Waals surface area contributed by atoms with Crippen LogP contribution in [-0.4, -0.2) is 27.8 Å². The molecule has 1 atom stereocenters. The van der Waals surface area contributed by atoms with Crippen LogP contribution in [0.4, 0.5) is 10.1 Å². The molecule has 4 rings (SSSR count). The molecular weight excluding hydrogens is 463 g/mol. The lowest BCUT2D eigenvalue weighted by Gasteiger charge is -2.19. The van der Waals surface area contributed by atoms with Crippen LogP contribution >= 0.6 is 15.9 Å². The van der Waals surface area contributed by atoms with Gasteiger partial charge in [-0.1, -0.05) is 34.1 Å². The highest BCUT2D eigenvalue weighted by Crippen LogP contribution is 2.20. The van der Waals surface area contributed by atoms with Gasteiger partial charge in [0.2, 0.25) is 5.91 Å². The zero-order chi connectivity index (χ0) is 21.8. The molecule has 31 heavy (non-hydrogen) atoms. The van der Waals surface area contributed by atoms with E-state index in [1.54, 1.807) is 30.6 Å². The SMILES string of the molecule is O=C(NC(Cc1c[nH]c2ccccc12)C(=O)Nc1ccncc1)c1ccc(Br)cc1F. The smallest absolute Gasteiger partial charge is 0.254 e. The van der Waals surface area contributed by atoms with Crippen molar-refractivity contribution in [2.75, 3.05) is 5.32 Å². The average Bonchev–Trinajstić information content (AvgIpc) is 3.17. The molecule has 2 amide bonds. The van der Waals surface area contributed by atoms with Crippen LogP contribution in [0, 0.1) is 5.82 Å². The molecule has 2 aromatic carbocycles. The summed E-state index contributed by atoms with van der Waals surface area (Å²) in [6.45, 7) is 0. The molecule has 1 unspecified atom stereocenters. The highest BCUT2D eigenvalue weighted by Gasteiger charge is 2.24. The first-order chi connectivity index (χ1) is 15.0. The maximum Gasteiger partial charge on any atom is 0.254 e. The van der Waals surface area contributed by atoms with E-state index in [4.69, 9.17) is 0 Å². The number of nitrogens with zero attached hydrogens (tertiary/aromatic N) is 1. The Hall–Kier alpha value is -3.52. The Bertz CT molecular complexity index is 1240. The van der Waals surface area contributed by atoms with Crippen molar-refractivity contribution in [3.63, 3.8) is 0 Å². The quantitative estimate of drug-likeness (QED) is 0.381. The number of aromatic nitrogens is 2. The fraction of sp³-hybridized carbons (Fsp3) is 0.0870. The molecule has 0 aliphatic heterocycles. The third-order valence-electron chi connectivity index (χ3n) is 4.84. The number of hydrogen-bond acceptors (Lipinski definition) is 3. The second kappa shape index (κ2) is 9.09. The summed E-state index contributed by atoms with van der Waals surface area (Å²) >= 11 is 3.17. The number of rotatable bonds is 6. The van der Waals surface area contributed by atoms with Crippen LogP contribution < -0.4 is 10.6 Å². The number of halogens is 2. The van der Waals surface area contributed by atoms with Gasteiger partial charge in [-0.05, 0) is 42.0 Å². The lowest BCUT2D eigenvalue weighted by atomic mass is 10.0. The van der Waals surface area contributed by atoms with Gasteiger partial charge in [-0.2, -0.15) is 0 Å². The second-order valence-electron chi connectivity index (χ2n) is 6.94. The first-order valence-corrected chi connectivity index (χ1v) is 10.3. The van der Waals surface area contributed by atoms with Crippen LogP contribution in [0.2, 0.25) is 0 Å². The summed E-state index contributed by atoms with van der Waals surface area (Å²) < 4.78 is 14.8. The van der Waals surface area contributed by atoms with Gasteiger partial charge in [-0.25, -0.2) is 4.39 Å². The number of nitrogens with one attached hydrogen (secondary N) is 3. The van der Waals surface area contributed by atoms with E-state index in [1.165, 1.54) is 12.1 Å². The zero-order valence-electron chi connectivity index (χ0n) is 16.2. The maximum absolute atomic E-state index is 14.3. The van der Waals surface area contributed by atoms with E-state index in [2.05, 4.69) is 36.5 Å². The van der Waals surface area contributed by atoms with Crippen molar-refractivity contribution >= 4 is 44.3 Å². The molecule has 0 bridgehead atoms. The fourth-order valence-corrected chi connectivity index (χ4v) is 3.64. The average molecular weight is 481 g/mol. The van der Waals surface area contributed by atoms with E-state index in [9.17, 15) is 14.0 Å². The third-order valence-corrected chi connectivity index (χ3v) is 5.34. The van der Waals surface area contributed by atoms with Gasteiger partial charge in [0.25, 0.3) is 5.91 Å². The van der Waals surface area contributed by atoms with Crippen molar-refractivity contribution in [3.05, 3.63) is 94.6 Å². The number of aromatic amines is 1. The molecule has 0 fully saturated rings. The van der Waals surface area contributed by atoms with Gasteiger partial charge in [-0.15, -0.1) is 0 Å². The highest BCUT2D eigenvalue weighted by atomic mass is 79.9. The van der Waals surface area contributed by atoms with Gasteiger partial charge in [0, 0.05) is 46.1 Å². The topological polar surface area (TPSA) is 86.9 Å². The number of amides is 2. The summed E-state index contributed by atoms with van der Waals surface area (Å²) in [5, 5.41) is 6.41. The van der Waals surface area contributed by atoms with Crippen LogP contribution in [0.5, 0.6) is 0 Å². The Labute approximate surface area is 186 Å². The summed E-state index contributed by atoms with van der Waals surface area (Å²) in [7, 11) is 0. The fourth-order valence-electron chi connectivity index (χ4n) is 3.30. The Morgan fingerprint density at radius 1 is 1.10 bits per heavy atom. The van der Waals surface area contributed by atoms with Gasteiger partial charge >= 0.3 is 0 Å². The standard InChI is InChI=1S/C23H18BrFN4O2/c24-15-5-6-18(19(25)12-15)22(30)29-21(23(31)28-16-7-9-26-10-8-16)11-14-13-27-20-4-2-1-3-17(14)20/h1-10,12-13,21,27H,11H2,(H,29,30)(H,26,28,31). The summed E-state index contributed by atoms with van der Waals surface area (Å²) in [6, 6.07) is 14.2. The Morgan fingerprint density at radius 3 is 2.65 bits per heavy atom. The molecule has 0 aliphatic rings. The molecular formula is C23H18BrFN4O2. The number of anilines is 1. The number of pyridine rings is 1. The molecule has 4 aromatic rings. The van der Waals surface area contributed by atoms with Crippen LogP contribution in [0.15, 0.2) is 77.7 Å². The molecule has 0 spiro atoms. The van der Waals surface area contributed by atoms with Crippen molar-refractivity contribution in [1.82, 2.24) is 15.3 Å². The van der Waals surface area contributed by atoms with Gasteiger partial charge in [0.1, 0.15) is 11.9 Å². The van der Waals surface area contributed by atoms with Crippen molar-refractivity contribution < 1.29 is 14.0 Å². The predicted octanol–water partition coefficient (Wildman–Crippen LogP) is 4.44. The third kappa shape index (κ3) is 4.80. The largest absolute Gasteiger partial charge is 0.361 e. The minimum absolute atomic E-state index is 0.135. The monoisotopic (exact) mass is 480 g/mol. The Balaban J connectivity index is 1.61. The van der Waals surface area contributed by atoms with Crippen molar-refractivity contribution in [3.8, 4) is 0 Å². The number of hydrogen-bond donors (Lipinski definition) is 3. The van der Waals surface area contributed by atoms with E-state index < -0.39 is 23.7 Å². The summed E-state index contributed by atoms with van der Waals surface area (Å²) in [6.07, 6.45) is 5.15. The van der Waals surface area contributed by atoms with Crippen molar-refractivity contribution in [2.24, 2.45) is 0 Å². The van der Waals surface area contributed by atoms with Gasteiger partial charge in [0.05, 0.1) is 5.56 Å². The van der Waals surface area contributed by atoms with Gasteiger partial charge in [0.15, 0.2) is 0 Å². The molecule has 2 aromatic heterocycles. The molecule has 0 radical (unpaired) electrons. The Morgan fingerprint density at radius 2 is 1.87 bits per heavy atom. The minimum atomic E-state index is -0.928. The second-order valence-corrected chi connectivity index (χ2v) is 7.85. The molecule has 8 heteroatoms. The maximum atomic E-state index is 14.3. The molecule has 6 nitrogen and oxygen atoms in total. The van der Waals surface area contributed by atoms with Gasteiger partial charge < -0.3 is 15.6 Å². The van der Waals surface area contributed by atoms with Crippen LogP contribution in [0.1, 0.15) is 15.9 Å². The summed E-state index contributed by atoms with van der Waals surface area (Å²) in [5.74, 6) is -1.76. The predicted molar refractivity (Wildman–Crippen MR) is 120 cm³/mol. The minimum Gasteiger partial charge on any atom is -0.361 e. The number of H-pyrrole nitrogens is 1. The number of fused-ring (bicyclic) bond motifs is 1. The number of carbonyl (C=O) groups is 2.